The van der Waals surface area contributed by atoms with E-state index in [-0.39, 0.29) is 5.82 Å². The first kappa shape index (κ1) is 11.3. The summed E-state index contributed by atoms with van der Waals surface area (Å²) in [6, 6.07) is 0.420. The number of aryl methyl sites for hydroxylation is 1. The maximum atomic E-state index is 13.8. The molecule has 0 aromatic carbocycles. The van der Waals surface area contributed by atoms with Gasteiger partial charge in [-0.25, -0.2) is 14.4 Å². The van der Waals surface area contributed by atoms with Gasteiger partial charge in [0, 0.05) is 19.1 Å². The molecule has 0 radical (unpaired) electrons. The zero-order valence-electron chi connectivity index (χ0n) is 9.70. The number of halogens is 1. The fourth-order valence-electron chi connectivity index (χ4n) is 2.07. The van der Waals surface area contributed by atoms with Gasteiger partial charge in [-0.15, -0.1) is 0 Å². The highest BCUT2D eigenvalue weighted by atomic mass is 19.1. The van der Waals surface area contributed by atoms with Gasteiger partial charge in [-0.05, 0) is 26.8 Å². The quantitative estimate of drug-likeness (QED) is 0.817. The molecule has 0 aliphatic carbocycles. The van der Waals surface area contributed by atoms with E-state index in [1.54, 1.807) is 6.92 Å². The van der Waals surface area contributed by atoms with E-state index in [9.17, 15) is 4.39 Å². The van der Waals surface area contributed by atoms with Crippen LogP contribution in [0.2, 0.25) is 0 Å². The molecule has 2 heterocycles. The lowest BCUT2D eigenvalue weighted by Crippen LogP contribution is -2.45. The van der Waals surface area contributed by atoms with Gasteiger partial charge in [0.2, 0.25) is 0 Å². The predicted octanol–water partition coefficient (Wildman–Crippen LogP) is 1.11. The molecule has 1 aliphatic heterocycles. The fourth-order valence-corrected chi connectivity index (χ4v) is 2.07. The van der Waals surface area contributed by atoms with Gasteiger partial charge in [-0.2, -0.15) is 0 Å². The molecular formula is C11H17FN4. The van der Waals surface area contributed by atoms with Crippen LogP contribution in [0.5, 0.6) is 0 Å². The summed E-state index contributed by atoms with van der Waals surface area (Å²) < 4.78 is 13.8. The maximum absolute atomic E-state index is 13.8. The molecule has 1 aliphatic rings. The van der Waals surface area contributed by atoms with Gasteiger partial charge in [0.25, 0.3) is 0 Å². The molecule has 0 saturated carbocycles. The number of piperidine rings is 1. The average molecular weight is 224 g/mol. The molecule has 0 amide bonds. The summed E-state index contributed by atoms with van der Waals surface area (Å²) in [7, 11) is 1.94. The highest BCUT2D eigenvalue weighted by Crippen LogP contribution is 2.21. The lowest BCUT2D eigenvalue weighted by Gasteiger charge is -2.33. The summed E-state index contributed by atoms with van der Waals surface area (Å²) in [5.74, 6) is 0.145. The van der Waals surface area contributed by atoms with Crippen LogP contribution in [-0.4, -0.2) is 36.1 Å². The van der Waals surface area contributed by atoms with Gasteiger partial charge < -0.3 is 10.2 Å². The number of likely N-dealkylation sites (N-methyl/N-ethyl adjacent to an activating group) is 1. The fraction of sp³-hybridized carbons (Fsp3) is 0.636. The molecule has 0 bridgehead atoms. The van der Waals surface area contributed by atoms with Crippen LogP contribution in [-0.2, 0) is 0 Å². The first-order chi connectivity index (χ1) is 7.72. The van der Waals surface area contributed by atoms with E-state index in [0.29, 0.717) is 17.6 Å². The third kappa shape index (κ3) is 2.14. The highest BCUT2D eigenvalue weighted by Gasteiger charge is 2.22. The van der Waals surface area contributed by atoms with E-state index in [1.165, 1.54) is 6.33 Å². The Morgan fingerprint density at radius 3 is 3.06 bits per heavy atom. The van der Waals surface area contributed by atoms with Gasteiger partial charge >= 0.3 is 0 Å². The molecule has 1 unspecified atom stereocenters. The average Bonchev–Trinajstić information content (AvgIpc) is 2.33. The Balaban J connectivity index is 2.20. The smallest absolute Gasteiger partial charge is 0.186 e. The van der Waals surface area contributed by atoms with Crippen molar-refractivity contribution in [3.63, 3.8) is 0 Å². The third-order valence-corrected chi connectivity index (χ3v) is 3.07. The Morgan fingerprint density at radius 1 is 1.50 bits per heavy atom. The number of aromatic nitrogens is 2. The van der Waals surface area contributed by atoms with Crippen LogP contribution in [0.25, 0.3) is 0 Å². The van der Waals surface area contributed by atoms with E-state index >= 15 is 0 Å². The number of hydrogen-bond donors (Lipinski definition) is 1. The second-order valence-corrected chi connectivity index (χ2v) is 4.17. The molecule has 16 heavy (non-hydrogen) atoms. The zero-order valence-corrected chi connectivity index (χ0v) is 9.70. The number of nitrogens with one attached hydrogen (secondary N) is 1. The molecule has 5 heteroatoms. The topological polar surface area (TPSA) is 41.0 Å². The van der Waals surface area contributed by atoms with Crippen molar-refractivity contribution < 1.29 is 4.39 Å². The molecular weight excluding hydrogens is 207 g/mol. The number of nitrogens with zero attached hydrogens (tertiary/aromatic N) is 3. The minimum absolute atomic E-state index is 0.292. The van der Waals surface area contributed by atoms with E-state index in [0.717, 1.165) is 25.9 Å². The monoisotopic (exact) mass is 224 g/mol. The van der Waals surface area contributed by atoms with Crippen LogP contribution in [0, 0.1) is 12.7 Å². The third-order valence-electron chi connectivity index (χ3n) is 3.07. The van der Waals surface area contributed by atoms with Crippen molar-refractivity contribution in [2.45, 2.75) is 25.8 Å². The summed E-state index contributed by atoms with van der Waals surface area (Å²) >= 11 is 0. The maximum Gasteiger partial charge on any atom is 0.186 e. The summed E-state index contributed by atoms with van der Waals surface area (Å²) in [5, 5.41) is 3.23. The van der Waals surface area contributed by atoms with Crippen molar-refractivity contribution in [2.75, 3.05) is 25.0 Å². The van der Waals surface area contributed by atoms with Crippen LogP contribution in [0.3, 0.4) is 0 Å². The number of hydrogen-bond acceptors (Lipinski definition) is 4. The Morgan fingerprint density at radius 2 is 2.31 bits per heavy atom. The minimum atomic E-state index is -0.292. The Kier molecular flexibility index (Phi) is 3.33. The van der Waals surface area contributed by atoms with Gasteiger partial charge in [0.1, 0.15) is 6.33 Å². The Bertz CT molecular complexity index is 369. The van der Waals surface area contributed by atoms with Crippen LogP contribution in [0.15, 0.2) is 6.33 Å². The first-order valence-corrected chi connectivity index (χ1v) is 5.61. The molecule has 88 valence electrons. The van der Waals surface area contributed by atoms with E-state index < -0.39 is 0 Å². The molecule has 1 aromatic rings. The highest BCUT2D eigenvalue weighted by molar-refractivity contribution is 5.41. The summed E-state index contributed by atoms with van der Waals surface area (Å²) in [6.07, 6.45) is 3.63. The van der Waals surface area contributed by atoms with Crippen molar-refractivity contribution in [1.29, 1.82) is 0 Å². The molecule has 1 fully saturated rings. The summed E-state index contributed by atoms with van der Waals surface area (Å²) in [6.45, 7) is 3.34. The molecule has 1 aromatic heterocycles. The van der Waals surface area contributed by atoms with Crippen molar-refractivity contribution in [3.05, 3.63) is 17.8 Å². The number of anilines is 1. The summed E-state index contributed by atoms with van der Waals surface area (Å²) in [4.78, 5) is 9.88. The second kappa shape index (κ2) is 4.74. The molecule has 0 spiro atoms. The SMILES string of the molecule is CNC1CCCN(c2ncnc(C)c2F)C1. The van der Waals surface area contributed by atoms with Gasteiger partial charge in [0.15, 0.2) is 11.6 Å². The lowest BCUT2D eigenvalue weighted by atomic mass is 10.1. The van der Waals surface area contributed by atoms with Gasteiger partial charge in [-0.3, -0.25) is 0 Å². The molecule has 4 nitrogen and oxygen atoms in total. The zero-order chi connectivity index (χ0) is 11.5. The van der Waals surface area contributed by atoms with Crippen molar-refractivity contribution in [2.24, 2.45) is 0 Å². The van der Waals surface area contributed by atoms with Crippen molar-refractivity contribution >= 4 is 5.82 Å². The molecule has 1 saturated heterocycles. The predicted molar refractivity (Wildman–Crippen MR) is 61.0 cm³/mol. The molecule has 1 N–H and O–H groups in total. The lowest BCUT2D eigenvalue weighted by molar-refractivity contribution is 0.441. The Labute approximate surface area is 94.9 Å². The van der Waals surface area contributed by atoms with Crippen LogP contribution < -0.4 is 10.2 Å². The summed E-state index contributed by atoms with van der Waals surface area (Å²) in [5.41, 5.74) is 0.414. The minimum Gasteiger partial charge on any atom is -0.353 e. The molecule has 2 rings (SSSR count). The van der Waals surface area contributed by atoms with Gasteiger partial charge in [-0.1, -0.05) is 0 Å². The van der Waals surface area contributed by atoms with Crippen LogP contribution in [0.1, 0.15) is 18.5 Å². The molecule has 1 atom stereocenters. The second-order valence-electron chi connectivity index (χ2n) is 4.17. The Hall–Kier alpha value is -1.23. The van der Waals surface area contributed by atoms with Crippen molar-refractivity contribution in [1.82, 2.24) is 15.3 Å². The number of rotatable bonds is 2. The standard InChI is InChI=1S/C11H17FN4/c1-8-10(12)11(15-7-14-8)16-5-3-4-9(6-16)13-2/h7,9,13H,3-6H2,1-2H3. The van der Waals surface area contributed by atoms with E-state index in [1.807, 2.05) is 11.9 Å². The normalized spacial score (nSPS) is 21.2. The van der Waals surface area contributed by atoms with Gasteiger partial charge in [0.05, 0.1) is 5.69 Å². The van der Waals surface area contributed by atoms with E-state index in [2.05, 4.69) is 15.3 Å². The van der Waals surface area contributed by atoms with Crippen molar-refractivity contribution in [3.8, 4) is 0 Å². The first-order valence-electron chi connectivity index (χ1n) is 5.61. The van der Waals surface area contributed by atoms with E-state index in [4.69, 9.17) is 0 Å². The largest absolute Gasteiger partial charge is 0.353 e. The van der Waals surface area contributed by atoms with Crippen LogP contribution in [0.4, 0.5) is 10.2 Å². The van der Waals surface area contributed by atoms with Crippen LogP contribution >= 0.6 is 0 Å².